The lowest BCUT2D eigenvalue weighted by atomic mass is 10.4. The number of esters is 1. The molecule has 0 fully saturated rings. The number of ether oxygens (including phenoxy) is 1. The maximum atomic E-state index is 10.2. The highest BCUT2D eigenvalue weighted by Gasteiger charge is 1.95. The van der Waals surface area contributed by atoms with Crippen molar-refractivity contribution in [3.8, 4) is 0 Å². The first-order valence-corrected chi connectivity index (χ1v) is 2.37. The number of carbonyl (C=O) groups excluding carboxylic acids is 1. The highest BCUT2D eigenvalue weighted by molar-refractivity contribution is 5.86. The van der Waals surface area contributed by atoms with Gasteiger partial charge in [0.2, 0.25) is 0 Å². The van der Waals surface area contributed by atoms with E-state index in [2.05, 4.69) is 11.3 Å². The van der Waals surface area contributed by atoms with Crippen molar-refractivity contribution in [3.05, 3.63) is 12.2 Å². The van der Waals surface area contributed by atoms with Gasteiger partial charge in [0.15, 0.2) is 0 Å². The van der Waals surface area contributed by atoms with Crippen LogP contribution < -0.4 is 0 Å². The lowest BCUT2D eigenvalue weighted by Gasteiger charge is -1.91. The van der Waals surface area contributed by atoms with E-state index in [0.717, 1.165) is 7.11 Å². The largest absolute Gasteiger partial charge is 0.466 e. The van der Waals surface area contributed by atoms with Crippen molar-refractivity contribution in [2.24, 2.45) is 0 Å². The Morgan fingerprint density at radius 3 is 1.80 bits per heavy atom. The third-order valence-electron chi connectivity index (χ3n) is 0.534. The van der Waals surface area contributed by atoms with Crippen molar-refractivity contribution < 1.29 is 20.1 Å². The summed E-state index contributed by atoms with van der Waals surface area (Å²) in [6.07, 6.45) is 0. The van der Waals surface area contributed by atoms with Gasteiger partial charge in [0.1, 0.15) is 0 Å². The Morgan fingerprint density at radius 2 is 1.80 bits per heavy atom. The van der Waals surface area contributed by atoms with Crippen molar-refractivity contribution in [2.45, 2.75) is 6.92 Å². The molecule has 0 bridgehead atoms. The van der Waals surface area contributed by atoms with E-state index in [1.807, 2.05) is 0 Å². The molecule has 0 amide bonds. The summed E-state index contributed by atoms with van der Waals surface area (Å²) >= 11 is 0. The van der Waals surface area contributed by atoms with Gasteiger partial charge in [0.05, 0.1) is 7.11 Å². The van der Waals surface area contributed by atoms with Gasteiger partial charge in [-0.15, -0.1) is 0 Å². The number of hydrogen-bond donors (Lipinski definition) is 1. The van der Waals surface area contributed by atoms with E-state index in [0.29, 0.717) is 5.57 Å². The summed E-state index contributed by atoms with van der Waals surface area (Å²) in [4.78, 5) is 10.2. The van der Waals surface area contributed by atoms with E-state index in [1.54, 1.807) is 6.92 Å². The van der Waals surface area contributed by atoms with Crippen LogP contribution in [0.1, 0.15) is 6.92 Å². The second-order valence-electron chi connectivity index (χ2n) is 1.27. The molecule has 0 atom stereocenters. The van der Waals surface area contributed by atoms with Crippen LogP contribution in [0.5, 0.6) is 0 Å². The number of aliphatic hydroxyl groups excluding tert-OH is 1. The Bertz CT molecular complexity index is 97.9. The van der Waals surface area contributed by atoms with Gasteiger partial charge in [-0.25, -0.2) is 4.79 Å². The molecule has 0 rings (SSSR count). The minimum atomic E-state index is -0.347. The summed E-state index contributed by atoms with van der Waals surface area (Å²) < 4.78 is 4.27. The molecule has 0 aliphatic carbocycles. The average molecular weight is 150 g/mol. The molecule has 62 valence electrons. The Labute approximate surface area is 60.4 Å². The van der Waals surface area contributed by atoms with Crippen LogP contribution in [-0.4, -0.2) is 30.8 Å². The second-order valence-corrected chi connectivity index (χ2v) is 1.27. The van der Waals surface area contributed by atoms with E-state index in [-0.39, 0.29) is 11.4 Å². The molecule has 0 aliphatic heterocycles. The molecule has 10 heavy (non-hydrogen) atoms. The van der Waals surface area contributed by atoms with Gasteiger partial charge in [0, 0.05) is 12.7 Å². The maximum absolute atomic E-state index is 10.2. The zero-order valence-electron chi connectivity index (χ0n) is 6.47. The zero-order chi connectivity index (χ0) is 7.86. The molecule has 0 heterocycles. The van der Waals surface area contributed by atoms with Crippen molar-refractivity contribution in [1.29, 1.82) is 0 Å². The molecule has 0 unspecified atom stereocenters. The van der Waals surface area contributed by atoms with Crippen LogP contribution in [0.3, 0.4) is 0 Å². The van der Waals surface area contributed by atoms with Crippen molar-refractivity contribution in [3.63, 3.8) is 0 Å². The fourth-order valence-corrected chi connectivity index (χ4v) is 0.174. The SMILES string of the molecule is C=C(C)C(=O)OC.CO.O. The molecule has 4 heteroatoms. The average Bonchev–Trinajstić information content (AvgIpc) is 1.91. The van der Waals surface area contributed by atoms with Crippen LogP contribution in [0, 0.1) is 0 Å². The summed E-state index contributed by atoms with van der Waals surface area (Å²) in [5.74, 6) is -0.347. The first-order valence-electron chi connectivity index (χ1n) is 2.37. The summed E-state index contributed by atoms with van der Waals surface area (Å²) in [6, 6.07) is 0. The zero-order valence-corrected chi connectivity index (χ0v) is 6.47. The van der Waals surface area contributed by atoms with Gasteiger partial charge < -0.3 is 15.3 Å². The van der Waals surface area contributed by atoms with Crippen LogP contribution in [0.2, 0.25) is 0 Å². The molecular formula is C6H14O4. The topological polar surface area (TPSA) is 78.0 Å². The van der Waals surface area contributed by atoms with E-state index >= 15 is 0 Å². The first kappa shape index (κ1) is 16.1. The highest BCUT2D eigenvalue weighted by Crippen LogP contribution is 1.87. The van der Waals surface area contributed by atoms with Gasteiger partial charge in [-0.2, -0.15) is 0 Å². The van der Waals surface area contributed by atoms with E-state index < -0.39 is 0 Å². The fraction of sp³-hybridized carbons (Fsp3) is 0.500. The number of rotatable bonds is 1. The van der Waals surface area contributed by atoms with Crippen LogP contribution in [0.15, 0.2) is 12.2 Å². The van der Waals surface area contributed by atoms with Crippen molar-refractivity contribution >= 4 is 5.97 Å². The predicted molar refractivity (Wildman–Crippen MR) is 38.6 cm³/mol. The first-order chi connectivity index (χ1) is 4.18. The summed E-state index contributed by atoms with van der Waals surface area (Å²) in [5.41, 5.74) is 0.433. The molecule has 0 aromatic carbocycles. The predicted octanol–water partition coefficient (Wildman–Crippen LogP) is -0.481. The smallest absolute Gasteiger partial charge is 0.332 e. The maximum Gasteiger partial charge on any atom is 0.332 e. The summed E-state index contributed by atoms with van der Waals surface area (Å²) in [6.45, 7) is 4.95. The molecule has 0 saturated heterocycles. The second kappa shape index (κ2) is 11.0. The molecular weight excluding hydrogens is 136 g/mol. The third kappa shape index (κ3) is 10.2. The van der Waals surface area contributed by atoms with E-state index in [9.17, 15) is 4.79 Å². The van der Waals surface area contributed by atoms with Gasteiger partial charge >= 0.3 is 5.97 Å². The Balaban J connectivity index is -0.000000149. The van der Waals surface area contributed by atoms with Crippen LogP contribution in [0.25, 0.3) is 0 Å². The molecule has 0 radical (unpaired) electrons. The number of carbonyl (C=O) groups is 1. The Morgan fingerprint density at radius 1 is 1.50 bits per heavy atom. The Hall–Kier alpha value is -0.870. The normalized spacial score (nSPS) is 6.00. The minimum absolute atomic E-state index is 0. The van der Waals surface area contributed by atoms with Crippen LogP contribution in [0.4, 0.5) is 0 Å². The highest BCUT2D eigenvalue weighted by atomic mass is 16.5. The number of hydrogen-bond acceptors (Lipinski definition) is 3. The monoisotopic (exact) mass is 150 g/mol. The molecule has 0 aromatic rings. The molecule has 4 nitrogen and oxygen atoms in total. The van der Waals surface area contributed by atoms with Crippen molar-refractivity contribution in [2.75, 3.05) is 14.2 Å². The molecule has 0 aromatic heterocycles. The van der Waals surface area contributed by atoms with Gasteiger partial charge in [-0.1, -0.05) is 6.58 Å². The summed E-state index contributed by atoms with van der Waals surface area (Å²) in [7, 11) is 2.33. The fourth-order valence-electron chi connectivity index (χ4n) is 0.174. The van der Waals surface area contributed by atoms with E-state index in [1.165, 1.54) is 7.11 Å². The van der Waals surface area contributed by atoms with Gasteiger partial charge in [0.25, 0.3) is 0 Å². The van der Waals surface area contributed by atoms with Crippen LogP contribution in [-0.2, 0) is 9.53 Å². The lowest BCUT2D eigenvalue weighted by molar-refractivity contribution is -0.136. The minimum Gasteiger partial charge on any atom is -0.466 e. The lowest BCUT2D eigenvalue weighted by Crippen LogP contribution is -1.98. The number of methoxy groups -OCH3 is 1. The number of aliphatic hydroxyl groups is 1. The summed E-state index contributed by atoms with van der Waals surface area (Å²) in [5, 5.41) is 7.00. The van der Waals surface area contributed by atoms with E-state index in [4.69, 9.17) is 5.11 Å². The Kier molecular flexibility index (Phi) is 17.7. The molecule has 0 spiro atoms. The molecule has 0 aliphatic rings. The quantitative estimate of drug-likeness (QED) is 0.405. The van der Waals surface area contributed by atoms with Crippen molar-refractivity contribution in [1.82, 2.24) is 0 Å². The standard InChI is InChI=1S/C5H8O2.CH4O.H2O/c1-4(2)5(6)7-3;1-2;/h1H2,2-3H3;2H,1H3;1H2. The van der Waals surface area contributed by atoms with Gasteiger partial charge in [-0.05, 0) is 6.92 Å². The van der Waals surface area contributed by atoms with Crippen LogP contribution >= 0.6 is 0 Å². The third-order valence-corrected chi connectivity index (χ3v) is 0.534. The van der Waals surface area contributed by atoms with Gasteiger partial charge in [-0.3, -0.25) is 0 Å². The molecule has 0 saturated carbocycles. The molecule has 3 N–H and O–H groups in total.